The van der Waals surface area contributed by atoms with Gasteiger partial charge in [-0.3, -0.25) is 4.79 Å². The summed E-state index contributed by atoms with van der Waals surface area (Å²) in [4.78, 5) is 28.3. The minimum atomic E-state index is -0.479. The van der Waals surface area contributed by atoms with Crippen LogP contribution in [0.5, 0.6) is 5.75 Å². The molecule has 0 fully saturated rings. The van der Waals surface area contributed by atoms with Crippen LogP contribution in [0.2, 0.25) is 0 Å². The van der Waals surface area contributed by atoms with Crippen LogP contribution in [-0.2, 0) is 17.9 Å². The summed E-state index contributed by atoms with van der Waals surface area (Å²) in [6, 6.07) is 20.7. The molecule has 0 bridgehead atoms. The average Bonchev–Trinajstić information content (AvgIpc) is 3.41. The highest BCUT2D eigenvalue weighted by molar-refractivity contribution is 7.09. The second kappa shape index (κ2) is 8.28. The number of hydrogen-bond donors (Lipinski definition) is 2. The number of hydrogen-bond acceptors (Lipinski definition) is 4. The predicted octanol–water partition coefficient (Wildman–Crippen LogP) is 3.98. The van der Waals surface area contributed by atoms with Crippen molar-refractivity contribution in [1.29, 1.82) is 0 Å². The van der Waals surface area contributed by atoms with Gasteiger partial charge in [0.05, 0.1) is 30.4 Å². The maximum absolute atomic E-state index is 13.1. The first-order chi connectivity index (χ1) is 15.2. The van der Waals surface area contributed by atoms with E-state index in [-0.39, 0.29) is 11.9 Å². The van der Waals surface area contributed by atoms with Crippen LogP contribution in [0.15, 0.2) is 83.4 Å². The molecule has 2 aromatic carbocycles. The zero-order chi connectivity index (χ0) is 21.2. The molecule has 1 atom stereocenters. The number of rotatable bonds is 6. The number of benzene rings is 2. The molecule has 0 saturated heterocycles. The van der Waals surface area contributed by atoms with Gasteiger partial charge in [-0.15, -0.1) is 11.3 Å². The van der Waals surface area contributed by atoms with Crippen molar-refractivity contribution in [2.24, 2.45) is 0 Å². The Labute approximate surface area is 184 Å². The van der Waals surface area contributed by atoms with Gasteiger partial charge in [-0.05, 0) is 34.7 Å². The van der Waals surface area contributed by atoms with E-state index in [0.717, 1.165) is 21.8 Å². The summed E-state index contributed by atoms with van der Waals surface area (Å²) in [5, 5.41) is 7.71. The van der Waals surface area contributed by atoms with Crippen molar-refractivity contribution >= 4 is 23.3 Å². The first-order valence-electron chi connectivity index (χ1n) is 10.1. The molecule has 0 radical (unpaired) electrons. The van der Waals surface area contributed by atoms with Gasteiger partial charge >= 0.3 is 6.03 Å². The van der Waals surface area contributed by atoms with E-state index in [0.29, 0.717) is 31.0 Å². The Kier molecular flexibility index (Phi) is 5.18. The van der Waals surface area contributed by atoms with E-state index in [2.05, 4.69) is 10.6 Å². The number of carbonyl (C=O) groups is 2. The van der Waals surface area contributed by atoms with Crippen molar-refractivity contribution < 1.29 is 14.3 Å². The third kappa shape index (κ3) is 4.04. The number of amides is 3. The Morgan fingerprint density at radius 2 is 1.81 bits per heavy atom. The van der Waals surface area contributed by atoms with Crippen LogP contribution in [0, 0.1) is 0 Å². The molecular weight excluding hydrogens is 410 g/mol. The van der Waals surface area contributed by atoms with Crippen LogP contribution >= 0.6 is 11.3 Å². The highest BCUT2D eigenvalue weighted by atomic mass is 32.1. The lowest BCUT2D eigenvalue weighted by Crippen LogP contribution is -2.44. The fourth-order valence-electron chi connectivity index (χ4n) is 3.89. The lowest BCUT2D eigenvalue weighted by molar-refractivity contribution is -0.126. The van der Waals surface area contributed by atoms with Crippen LogP contribution in [0.3, 0.4) is 0 Å². The largest absolute Gasteiger partial charge is 0.489 e. The Hall–Kier alpha value is -3.58. The molecule has 0 unspecified atom stereocenters. The third-order valence-electron chi connectivity index (χ3n) is 5.41. The molecule has 2 aliphatic heterocycles. The smallest absolute Gasteiger partial charge is 0.319 e. The van der Waals surface area contributed by atoms with Crippen LogP contribution < -0.4 is 15.4 Å². The normalized spacial score (nSPS) is 17.9. The van der Waals surface area contributed by atoms with E-state index in [1.165, 1.54) is 0 Å². The Bertz CT molecular complexity index is 1120. The van der Waals surface area contributed by atoms with Gasteiger partial charge in [0, 0.05) is 4.88 Å². The van der Waals surface area contributed by atoms with Gasteiger partial charge in [-0.25, -0.2) is 4.79 Å². The molecule has 0 aliphatic carbocycles. The second-order valence-electron chi connectivity index (χ2n) is 7.51. The number of carbonyl (C=O) groups excluding carboxylic acids is 2. The third-order valence-corrected chi connectivity index (χ3v) is 6.27. The average molecular weight is 432 g/mol. The van der Waals surface area contributed by atoms with Gasteiger partial charge in [-0.1, -0.05) is 48.5 Å². The standard InChI is InChI=1S/C24H21N3O3S/c28-23-21-20(14-27(23)13-19-7-4-12-31-19)25-24(29)26-22(21)17-8-10-18(11-9-17)30-15-16-5-2-1-3-6-16/h1-12,22H,13-15H2,(H2,25,26,29)/t22-/m0/s1. The second-order valence-corrected chi connectivity index (χ2v) is 8.54. The fourth-order valence-corrected chi connectivity index (χ4v) is 4.61. The molecule has 3 heterocycles. The van der Waals surface area contributed by atoms with Gasteiger partial charge in [0.25, 0.3) is 5.91 Å². The van der Waals surface area contributed by atoms with Crippen molar-refractivity contribution in [3.8, 4) is 5.75 Å². The molecule has 6 nitrogen and oxygen atoms in total. The molecule has 5 rings (SSSR count). The molecule has 3 aromatic rings. The summed E-state index contributed by atoms with van der Waals surface area (Å²) >= 11 is 1.62. The molecule has 2 N–H and O–H groups in total. The fraction of sp³-hybridized carbons (Fsp3) is 0.167. The maximum atomic E-state index is 13.1. The monoisotopic (exact) mass is 431 g/mol. The molecule has 1 aromatic heterocycles. The first kappa shape index (κ1) is 19.4. The van der Waals surface area contributed by atoms with Gasteiger partial charge in [0.2, 0.25) is 0 Å². The highest BCUT2D eigenvalue weighted by Gasteiger charge is 2.40. The van der Waals surface area contributed by atoms with Gasteiger partial charge < -0.3 is 20.3 Å². The minimum absolute atomic E-state index is 0.0506. The highest BCUT2D eigenvalue weighted by Crippen LogP contribution is 2.34. The first-order valence-corrected chi connectivity index (χ1v) is 10.9. The Morgan fingerprint density at radius 1 is 1.00 bits per heavy atom. The lowest BCUT2D eigenvalue weighted by atomic mass is 9.96. The SMILES string of the molecule is O=C1NC2=C(C(=O)N(Cc3cccs3)C2)[C@H](c2ccc(OCc3ccccc3)cc2)N1. The van der Waals surface area contributed by atoms with Crippen molar-refractivity contribution in [3.63, 3.8) is 0 Å². The zero-order valence-corrected chi connectivity index (χ0v) is 17.5. The van der Waals surface area contributed by atoms with E-state index in [1.54, 1.807) is 16.2 Å². The van der Waals surface area contributed by atoms with Crippen molar-refractivity contribution in [2.45, 2.75) is 19.2 Å². The van der Waals surface area contributed by atoms with E-state index in [1.807, 2.05) is 72.1 Å². The van der Waals surface area contributed by atoms with Gasteiger partial charge in [-0.2, -0.15) is 0 Å². The van der Waals surface area contributed by atoms with E-state index >= 15 is 0 Å². The number of ether oxygens (including phenoxy) is 1. The molecule has 2 aliphatic rings. The molecule has 31 heavy (non-hydrogen) atoms. The van der Waals surface area contributed by atoms with Crippen LogP contribution in [0.4, 0.5) is 4.79 Å². The summed E-state index contributed by atoms with van der Waals surface area (Å²) in [7, 11) is 0. The maximum Gasteiger partial charge on any atom is 0.319 e. The van der Waals surface area contributed by atoms with Crippen molar-refractivity contribution in [2.75, 3.05) is 6.54 Å². The Balaban J connectivity index is 1.32. The molecule has 0 saturated carbocycles. The summed E-state index contributed by atoms with van der Waals surface area (Å²) in [6.45, 7) is 1.43. The zero-order valence-electron chi connectivity index (χ0n) is 16.7. The number of thiophene rings is 1. The van der Waals surface area contributed by atoms with E-state index in [9.17, 15) is 9.59 Å². The summed E-state index contributed by atoms with van der Waals surface area (Å²) in [6.07, 6.45) is 0. The van der Waals surface area contributed by atoms with Crippen LogP contribution in [0.25, 0.3) is 0 Å². The number of nitrogens with zero attached hydrogens (tertiary/aromatic N) is 1. The number of nitrogens with one attached hydrogen (secondary N) is 2. The van der Waals surface area contributed by atoms with Gasteiger partial charge in [0.1, 0.15) is 12.4 Å². The van der Waals surface area contributed by atoms with Crippen LogP contribution in [-0.4, -0.2) is 23.4 Å². The summed E-state index contributed by atoms with van der Waals surface area (Å²) < 4.78 is 5.85. The number of urea groups is 1. The van der Waals surface area contributed by atoms with E-state index in [4.69, 9.17) is 4.74 Å². The Morgan fingerprint density at radius 3 is 2.55 bits per heavy atom. The van der Waals surface area contributed by atoms with Gasteiger partial charge in [0.15, 0.2) is 0 Å². The molecule has 3 amide bonds. The van der Waals surface area contributed by atoms with Crippen molar-refractivity contribution in [3.05, 3.63) is 99.4 Å². The molecule has 0 spiro atoms. The van der Waals surface area contributed by atoms with E-state index < -0.39 is 6.04 Å². The molecular formula is C24H21N3O3S. The lowest BCUT2D eigenvalue weighted by Gasteiger charge is -2.25. The van der Waals surface area contributed by atoms with Crippen LogP contribution in [0.1, 0.15) is 22.0 Å². The minimum Gasteiger partial charge on any atom is -0.489 e. The molecule has 156 valence electrons. The summed E-state index contributed by atoms with van der Waals surface area (Å²) in [5.41, 5.74) is 3.23. The summed E-state index contributed by atoms with van der Waals surface area (Å²) in [5.74, 6) is 0.685. The topological polar surface area (TPSA) is 70.7 Å². The molecule has 7 heteroatoms. The van der Waals surface area contributed by atoms with Crippen molar-refractivity contribution in [1.82, 2.24) is 15.5 Å². The predicted molar refractivity (Wildman–Crippen MR) is 118 cm³/mol. The quantitative estimate of drug-likeness (QED) is 0.620.